The Morgan fingerprint density at radius 2 is 1.91 bits per heavy atom. The zero-order valence-corrected chi connectivity index (χ0v) is 14.0. The number of ether oxygens (including phenoxy) is 1. The largest absolute Gasteiger partial charge is 0.494 e. The lowest BCUT2D eigenvalue weighted by Gasteiger charge is -2.18. The summed E-state index contributed by atoms with van der Waals surface area (Å²) in [4.78, 5) is 0. The summed E-state index contributed by atoms with van der Waals surface area (Å²) in [5.41, 5.74) is 3.36. The lowest BCUT2D eigenvalue weighted by atomic mass is 10.1. The van der Waals surface area contributed by atoms with Crippen molar-refractivity contribution in [1.29, 1.82) is 0 Å². The van der Waals surface area contributed by atoms with Crippen LogP contribution in [0.15, 0.2) is 48.5 Å². The highest BCUT2D eigenvalue weighted by atomic mass is 32.1. The first-order chi connectivity index (χ1) is 10.6. The van der Waals surface area contributed by atoms with Crippen molar-refractivity contribution in [2.75, 3.05) is 11.9 Å². The van der Waals surface area contributed by atoms with Gasteiger partial charge in [-0.1, -0.05) is 24.3 Å². The number of hydrogen-bond donors (Lipinski definition) is 2. The minimum Gasteiger partial charge on any atom is -0.494 e. The quantitative estimate of drug-likeness (QED) is 0.799. The summed E-state index contributed by atoms with van der Waals surface area (Å²) < 4.78 is 5.45. The molecule has 116 valence electrons. The maximum atomic E-state index is 5.45. The Bertz CT molecular complexity index is 625. The van der Waals surface area contributed by atoms with Gasteiger partial charge in [-0.2, -0.15) is 0 Å². The molecule has 0 amide bonds. The standard InChI is InChI=1S/C18H22N2OS/c1-4-21-17-10-8-15(9-11-17)14(3)19-18(22)20-16-7-5-6-13(2)12-16/h5-12,14H,4H2,1-3H3,(H2,19,20,22). The molecule has 22 heavy (non-hydrogen) atoms. The van der Waals surface area contributed by atoms with Crippen molar-refractivity contribution in [2.24, 2.45) is 0 Å². The van der Waals surface area contributed by atoms with Crippen LogP contribution in [0.3, 0.4) is 0 Å². The maximum absolute atomic E-state index is 5.45. The molecule has 2 aromatic rings. The van der Waals surface area contributed by atoms with Crippen molar-refractivity contribution in [3.05, 3.63) is 59.7 Å². The van der Waals surface area contributed by atoms with Gasteiger partial charge in [0.2, 0.25) is 0 Å². The number of rotatable bonds is 5. The van der Waals surface area contributed by atoms with E-state index in [-0.39, 0.29) is 6.04 Å². The van der Waals surface area contributed by atoms with Crippen LogP contribution < -0.4 is 15.4 Å². The number of anilines is 1. The van der Waals surface area contributed by atoms with E-state index in [4.69, 9.17) is 17.0 Å². The van der Waals surface area contributed by atoms with Gasteiger partial charge < -0.3 is 15.4 Å². The lowest BCUT2D eigenvalue weighted by Crippen LogP contribution is -2.30. The monoisotopic (exact) mass is 314 g/mol. The van der Waals surface area contributed by atoms with Crippen molar-refractivity contribution in [3.63, 3.8) is 0 Å². The van der Waals surface area contributed by atoms with E-state index in [1.165, 1.54) is 5.56 Å². The summed E-state index contributed by atoms with van der Waals surface area (Å²) in [5, 5.41) is 7.12. The molecule has 1 unspecified atom stereocenters. The summed E-state index contributed by atoms with van der Waals surface area (Å²) in [6.45, 7) is 6.80. The average Bonchev–Trinajstić information content (AvgIpc) is 2.48. The molecule has 0 aromatic heterocycles. The van der Waals surface area contributed by atoms with Crippen LogP contribution in [0, 0.1) is 6.92 Å². The lowest BCUT2D eigenvalue weighted by molar-refractivity contribution is 0.340. The van der Waals surface area contributed by atoms with E-state index < -0.39 is 0 Å². The van der Waals surface area contributed by atoms with E-state index in [1.54, 1.807) is 0 Å². The second-order valence-corrected chi connectivity index (χ2v) is 5.60. The van der Waals surface area contributed by atoms with E-state index in [9.17, 15) is 0 Å². The molecule has 0 saturated carbocycles. The van der Waals surface area contributed by atoms with Crippen LogP contribution in [0.2, 0.25) is 0 Å². The van der Waals surface area contributed by atoms with Gasteiger partial charge in [0.05, 0.1) is 12.6 Å². The van der Waals surface area contributed by atoms with Gasteiger partial charge in [0.15, 0.2) is 5.11 Å². The smallest absolute Gasteiger partial charge is 0.171 e. The maximum Gasteiger partial charge on any atom is 0.171 e. The molecule has 2 aromatic carbocycles. The fourth-order valence-corrected chi connectivity index (χ4v) is 2.48. The number of benzene rings is 2. The van der Waals surface area contributed by atoms with Crippen molar-refractivity contribution in [3.8, 4) is 5.75 Å². The molecule has 2 rings (SSSR count). The fourth-order valence-electron chi connectivity index (χ4n) is 2.19. The third kappa shape index (κ3) is 4.74. The van der Waals surface area contributed by atoms with Crippen molar-refractivity contribution in [2.45, 2.75) is 26.8 Å². The Kier molecular flexibility index (Phi) is 5.78. The molecule has 3 nitrogen and oxygen atoms in total. The highest BCUT2D eigenvalue weighted by Gasteiger charge is 2.07. The third-order valence-electron chi connectivity index (χ3n) is 3.31. The molecule has 1 atom stereocenters. The molecule has 4 heteroatoms. The van der Waals surface area contributed by atoms with Crippen molar-refractivity contribution < 1.29 is 4.74 Å². The van der Waals surface area contributed by atoms with Crippen LogP contribution in [-0.4, -0.2) is 11.7 Å². The normalized spacial score (nSPS) is 11.6. The third-order valence-corrected chi connectivity index (χ3v) is 3.53. The topological polar surface area (TPSA) is 33.3 Å². The number of thiocarbonyl (C=S) groups is 1. The van der Waals surface area contributed by atoms with E-state index in [0.29, 0.717) is 11.7 Å². The highest BCUT2D eigenvalue weighted by Crippen LogP contribution is 2.18. The Balaban J connectivity index is 1.93. The molecule has 0 aliphatic heterocycles. The minimum atomic E-state index is 0.125. The summed E-state index contributed by atoms with van der Waals surface area (Å²) in [5.74, 6) is 0.888. The second-order valence-electron chi connectivity index (χ2n) is 5.19. The Morgan fingerprint density at radius 3 is 2.55 bits per heavy atom. The molecule has 0 radical (unpaired) electrons. The molecular weight excluding hydrogens is 292 g/mol. The Hall–Kier alpha value is -2.07. The SMILES string of the molecule is CCOc1ccc(C(C)NC(=S)Nc2cccc(C)c2)cc1. The Morgan fingerprint density at radius 1 is 1.18 bits per heavy atom. The fraction of sp³-hybridized carbons (Fsp3) is 0.278. The molecule has 2 N–H and O–H groups in total. The molecule has 0 spiro atoms. The van der Waals surface area contributed by atoms with Gasteiger partial charge in [-0.05, 0) is 68.4 Å². The molecule has 0 bridgehead atoms. The van der Waals surface area contributed by atoms with Gasteiger partial charge in [-0.15, -0.1) is 0 Å². The Labute approximate surface area is 137 Å². The van der Waals surface area contributed by atoms with E-state index in [2.05, 4.69) is 48.7 Å². The molecular formula is C18H22N2OS. The molecule has 0 aliphatic rings. The predicted molar refractivity (Wildman–Crippen MR) is 96.6 cm³/mol. The second kappa shape index (κ2) is 7.80. The van der Waals surface area contributed by atoms with Gasteiger partial charge in [0, 0.05) is 5.69 Å². The summed E-state index contributed by atoms with van der Waals surface area (Å²) >= 11 is 5.38. The first-order valence-electron chi connectivity index (χ1n) is 7.45. The summed E-state index contributed by atoms with van der Waals surface area (Å²) in [7, 11) is 0. The average molecular weight is 314 g/mol. The minimum absolute atomic E-state index is 0.125. The molecule has 0 saturated heterocycles. The summed E-state index contributed by atoms with van der Waals surface area (Å²) in [6, 6.07) is 16.3. The van der Waals surface area contributed by atoms with Crippen LogP contribution >= 0.6 is 12.2 Å². The van der Waals surface area contributed by atoms with Crippen LogP contribution in [0.4, 0.5) is 5.69 Å². The number of nitrogens with one attached hydrogen (secondary N) is 2. The molecule has 0 fully saturated rings. The van der Waals surface area contributed by atoms with Crippen LogP contribution in [0.1, 0.15) is 31.0 Å². The van der Waals surface area contributed by atoms with Crippen LogP contribution in [0.5, 0.6) is 5.75 Å². The number of hydrogen-bond acceptors (Lipinski definition) is 2. The predicted octanol–water partition coefficient (Wildman–Crippen LogP) is 4.44. The summed E-state index contributed by atoms with van der Waals surface area (Å²) in [6.07, 6.45) is 0. The zero-order chi connectivity index (χ0) is 15.9. The van der Waals surface area contributed by atoms with Crippen LogP contribution in [0.25, 0.3) is 0 Å². The van der Waals surface area contributed by atoms with Gasteiger partial charge in [0.25, 0.3) is 0 Å². The number of aryl methyl sites for hydroxylation is 1. The molecule has 0 aliphatic carbocycles. The van der Waals surface area contributed by atoms with Gasteiger partial charge in [-0.25, -0.2) is 0 Å². The van der Waals surface area contributed by atoms with Gasteiger partial charge >= 0.3 is 0 Å². The first kappa shape index (κ1) is 16.3. The van der Waals surface area contributed by atoms with Gasteiger partial charge in [0.1, 0.15) is 5.75 Å². The van der Waals surface area contributed by atoms with Crippen molar-refractivity contribution >= 4 is 23.0 Å². The first-order valence-corrected chi connectivity index (χ1v) is 7.86. The van der Waals surface area contributed by atoms with E-state index >= 15 is 0 Å². The van der Waals surface area contributed by atoms with E-state index in [0.717, 1.165) is 17.0 Å². The van der Waals surface area contributed by atoms with Crippen molar-refractivity contribution in [1.82, 2.24) is 5.32 Å². The molecule has 0 heterocycles. The highest BCUT2D eigenvalue weighted by molar-refractivity contribution is 7.80. The van der Waals surface area contributed by atoms with Crippen LogP contribution in [-0.2, 0) is 0 Å². The zero-order valence-electron chi connectivity index (χ0n) is 13.2. The van der Waals surface area contributed by atoms with E-state index in [1.807, 2.05) is 31.2 Å². The van der Waals surface area contributed by atoms with Gasteiger partial charge in [-0.3, -0.25) is 0 Å².